The van der Waals surface area contributed by atoms with Crippen LogP contribution in [0.25, 0.3) is 0 Å². The minimum absolute atomic E-state index is 0.00171. The van der Waals surface area contributed by atoms with Gasteiger partial charge in [0.05, 0.1) is 0 Å². The second-order valence-corrected chi connectivity index (χ2v) is 36.8. The number of rotatable bonds is 36. The van der Waals surface area contributed by atoms with Gasteiger partial charge in [-0.1, -0.05) is 199 Å². The maximum Gasteiger partial charge on any atom is 0.247 e. The van der Waals surface area contributed by atoms with E-state index in [1.165, 1.54) is 48.3 Å². The molecule has 0 unspecified atom stereocenters. The molecule has 0 aromatic rings. The van der Waals surface area contributed by atoms with E-state index in [0.717, 1.165) is 63.3 Å². The SMILES string of the molecule is C/C=C/NC(C)C.C/C=C/NCC(C)C.CC#CC(C)C.CC(=O)/C=C/C(C)C.CC(=O)/C=C/CC(C)C.CC(=O)/C=C/CCC(C)C.CC(=O)/C=C/NC(C)C.CC(=O)C#CC(C)C.CC(C)/C=C/C(=O)N(C)C.CC(C)C/C=C/C(=O)N(C)C.CC(C)CC/C=C/C(=O)N(C)C.CC(C)CC/C=C/C(=O)N(C)C.CC(C)N/C=C/C(=O)N(C)C.CC(C)N/C=C/C(=O)N(C)C. The largest absolute Gasteiger partial charge is 0.391 e. The van der Waals surface area contributed by atoms with E-state index in [1.807, 2.05) is 171 Å². The molecule has 0 aliphatic heterocycles. The van der Waals surface area contributed by atoms with Crippen LogP contribution in [-0.4, -0.2) is 209 Å². The first-order chi connectivity index (χ1) is 60.7. The van der Waals surface area contributed by atoms with Gasteiger partial charge in [-0.3, -0.25) is 52.7 Å². The Morgan fingerprint density at radius 1 is 0.280 bits per heavy atom. The standard InChI is InChI=1S/2C10H19NO.C9H17NO.C9H16O.2C8H16N2O.C8H15NO.C8H14O.C7H13NO.C7H15N.C7H12O.C7H10O.C6H13N.C6H10/c2*1-9(2)7-5-6-8-10(12)11(3)4;1-8(2)6-5-7-9(11)10(3)4;1-8(2)6-4-5-7-9(3)10;2*1-7(2)9-6-5-8(11)10(3)4;1-7(2)5-6-8(10)9(3)4;1-7(2)5-4-6-8(3)9;1-6(2)8-5-4-7(3)9;1-4-5-8-6-7(2)3;2*1-6(2)4-5-7(3)8;1-4-5-7-6(2)3;1-4-5-6(2)3/h2*6,8-9H,5,7H2,1-4H3;5,7-8H,6H2,1-4H3;5,7-8H,4,6H2,1-3H3;2*5-7,9H,1-4H3;5-7H,1-4H3;4,6-7H,5H2,1-3H3;4-6,8H,1-3H3;4-5,7-8H,6H2,1-3H3;4-6H,1-3H3;6H,1-3H3;4-7H,1-3H3;6H,1-3H3/b2*8-6+;2*7-5+;3*6-5+;6-4+;3*5-4+;;5-4+;. The lowest BCUT2D eigenvalue weighted by Crippen LogP contribution is -2.21. The molecule has 766 valence electrons. The lowest BCUT2D eigenvalue weighted by molar-refractivity contribution is -0.124. The number of nitrogens with one attached hydrogen (secondary N) is 5. The number of carbonyl (C=O) groups excluding carboxylic acids is 11. The van der Waals surface area contributed by atoms with Crippen LogP contribution in [0.5, 0.6) is 0 Å². The summed E-state index contributed by atoms with van der Waals surface area (Å²) in [4.78, 5) is 127. The van der Waals surface area contributed by atoms with Gasteiger partial charge >= 0.3 is 0 Å². The van der Waals surface area contributed by atoms with Crippen molar-refractivity contribution in [2.45, 2.75) is 325 Å². The van der Waals surface area contributed by atoms with Gasteiger partial charge in [0.25, 0.3) is 0 Å². The fourth-order valence-corrected chi connectivity index (χ4v) is 6.58. The smallest absolute Gasteiger partial charge is 0.247 e. The number of carbonyl (C=O) groups is 11. The summed E-state index contributed by atoms with van der Waals surface area (Å²) >= 11 is 0. The maximum absolute atomic E-state index is 11.0. The molecule has 132 heavy (non-hydrogen) atoms. The van der Waals surface area contributed by atoms with Crippen molar-refractivity contribution in [2.75, 3.05) is 91.1 Å². The Kier molecular flexibility index (Phi) is 130. The highest BCUT2D eigenvalue weighted by Crippen LogP contribution is 2.07. The van der Waals surface area contributed by atoms with Crippen molar-refractivity contribution in [3.8, 4) is 23.7 Å². The molecule has 5 N–H and O–H groups in total. The summed E-state index contributed by atoms with van der Waals surface area (Å²) in [5, 5.41) is 15.3. The number of hydrogen-bond acceptors (Lipinski definition) is 16. The maximum atomic E-state index is 11.0. The van der Waals surface area contributed by atoms with Gasteiger partial charge in [-0.2, -0.15) is 0 Å². The van der Waals surface area contributed by atoms with Gasteiger partial charge in [0.2, 0.25) is 41.2 Å². The van der Waals surface area contributed by atoms with Gasteiger partial charge in [0.15, 0.2) is 23.1 Å². The fraction of sp³-hybridized carbons (Fsp3) is 0.645. The lowest BCUT2D eigenvalue weighted by atomic mass is 10.1. The van der Waals surface area contributed by atoms with Crippen molar-refractivity contribution in [3.63, 3.8) is 0 Å². The molecule has 0 atom stereocenters. The third-order valence-electron chi connectivity index (χ3n) is 13.9. The van der Waals surface area contributed by atoms with Crippen molar-refractivity contribution in [1.29, 1.82) is 0 Å². The van der Waals surface area contributed by atoms with E-state index in [1.54, 1.807) is 186 Å². The van der Waals surface area contributed by atoms with Crippen LogP contribution in [0.2, 0.25) is 0 Å². The molecular formula is C110H205N11O11. The molecule has 22 heteroatoms. The fourth-order valence-electron chi connectivity index (χ4n) is 6.58. The van der Waals surface area contributed by atoms with Crippen LogP contribution in [0.4, 0.5) is 0 Å². The summed E-state index contributed by atoms with van der Waals surface area (Å²) in [5.41, 5.74) is 0. The van der Waals surface area contributed by atoms with Gasteiger partial charge in [-0.15, -0.1) is 11.8 Å². The highest BCUT2D eigenvalue weighted by atomic mass is 16.2. The predicted molar refractivity (Wildman–Crippen MR) is 574 cm³/mol. The summed E-state index contributed by atoms with van der Waals surface area (Å²) in [6.45, 7) is 73.2. The van der Waals surface area contributed by atoms with Crippen LogP contribution >= 0.6 is 0 Å². The Morgan fingerprint density at radius 3 is 0.735 bits per heavy atom. The average molecular weight is 1860 g/mol. The zero-order valence-corrected chi connectivity index (χ0v) is 93.5. The summed E-state index contributed by atoms with van der Waals surface area (Å²) in [6, 6.07) is 1.72. The molecular weight excluding hydrogens is 1650 g/mol. The quantitative estimate of drug-likeness (QED) is 0.0222. The molecule has 22 nitrogen and oxygen atoms in total. The number of hydrogen-bond donors (Lipinski definition) is 5. The van der Waals surface area contributed by atoms with Crippen molar-refractivity contribution in [1.82, 2.24) is 56.0 Å². The predicted octanol–water partition coefficient (Wildman–Crippen LogP) is 22.1. The van der Waals surface area contributed by atoms with Crippen molar-refractivity contribution in [3.05, 3.63) is 146 Å². The molecule has 0 aromatic carbocycles. The summed E-state index contributed by atoms with van der Waals surface area (Å²) in [5.74, 6) is 17.6. The molecule has 0 saturated carbocycles. The highest BCUT2D eigenvalue weighted by Gasteiger charge is 2.03. The number of ketones is 5. The highest BCUT2D eigenvalue weighted by molar-refractivity contribution is 5.93. The molecule has 6 amide bonds. The number of nitrogens with zero attached hydrogens (tertiary/aromatic N) is 6. The normalized spacial score (nSPS) is 10.6. The second kappa shape index (κ2) is 112. The zero-order valence-electron chi connectivity index (χ0n) is 93.5. The Hall–Kier alpha value is -9.83. The van der Waals surface area contributed by atoms with Crippen molar-refractivity contribution < 1.29 is 52.7 Å². The minimum Gasteiger partial charge on any atom is -0.391 e. The summed E-state index contributed by atoms with van der Waals surface area (Å²) in [6.07, 6.45) is 50.8. The number of likely N-dealkylation sites (N-methyl/N-ethyl adjacent to an activating group) is 6. The second-order valence-electron chi connectivity index (χ2n) is 36.8. The molecule has 0 fully saturated rings. The molecule has 0 spiro atoms. The third kappa shape index (κ3) is 201. The topological polar surface area (TPSA) is 267 Å². The average Bonchev–Trinajstić information content (AvgIpc) is 1.03. The Bertz CT molecular complexity index is 3180. The number of allylic oxidation sites excluding steroid dienone is 13. The first-order valence-electron chi connectivity index (χ1n) is 47.1. The van der Waals surface area contributed by atoms with Crippen LogP contribution in [0.15, 0.2) is 146 Å². The molecule has 0 heterocycles. The van der Waals surface area contributed by atoms with Crippen LogP contribution in [0.3, 0.4) is 0 Å². The Balaban J connectivity index is -0.0000000950. The van der Waals surface area contributed by atoms with Gasteiger partial charge < -0.3 is 56.0 Å². The molecule has 0 bridgehead atoms. The van der Waals surface area contributed by atoms with Crippen LogP contribution < -0.4 is 26.6 Å². The van der Waals surface area contributed by atoms with Crippen LogP contribution in [0.1, 0.15) is 301 Å². The van der Waals surface area contributed by atoms with Gasteiger partial charge in [-0.25, -0.2) is 0 Å². The number of amides is 6. The number of Topliss-reactive ketones (excluding diaryl/α,β-unsaturated/α-hetero) is 1. The molecule has 0 saturated heterocycles. The molecule has 0 radical (unpaired) electrons. The molecule has 0 aromatic heterocycles. The van der Waals surface area contributed by atoms with Gasteiger partial charge in [-0.05, 0) is 269 Å². The third-order valence-corrected chi connectivity index (χ3v) is 13.9. The van der Waals surface area contributed by atoms with Crippen molar-refractivity contribution in [2.24, 2.45) is 59.2 Å². The van der Waals surface area contributed by atoms with Gasteiger partial charge in [0.1, 0.15) is 0 Å². The van der Waals surface area contributed by atoms with E-state index in [2.05, 4.69) is 161 Å². The van der Waals surface area contributed by atoms with Crippen LogP contribution in [-0.2, 0) is 52.7 Å². The monoisotopic (exact) mass is 1860 g/mol. The van der Waals surface area contributed by atoms with E-state index in [9.17, 15) is 52.7 Å². The van der Waals surface area contributed by atoms with Gasteiger partial charge in [0, 0.05) is 165 Å². The minimum atomic E-state index is -0.0568. The van der Waals surface area contributed by atoms with E-state index >= 15 is 0 Å². The Morgan fingerprint density at radius 2 is 0.530 bits per heavy atom. The van der Waals surface area contributed by atoms with E-state index in [4.69, 9.17) is 0 Å². The van der Waals surface area contributed by atoms with E-state index in [-0.39, 0.29) is 64.4 Å². The molecule has 0 rings (SSSR count). The molecule has 0 aliphatic carbocycles. The summed E-state index contributed by atoms with van der Waals surface area (Å²) in [7, 11) is 20.9. The van der Waals surface area contributed by atoms with Crippen molar-refractivity contribution >= 4 is 64.4 Å². The van der Waals surface area contributed by atoms with Crippen LogP contribution in [0, 0.1) is 82.9 Å². The first kappa shape index (κ1) is 153. The lowest BCUT2D eigenvalue weighted by Gasteiger charge is -2.06. The zero-order chi connectivity index (χ0) is 107. The first-order valence-corrected chi connectivity index (χ1v) is 47.1. The molecule has 0 aliphatic rings. The Labute approximate surface area is 813 Å². The van der Waals surface area contributed by atoms with E-state index < -0.39 is 0 Å². The van der Waals surface area contributed by atoms with E-state index in [0.29, 0.717) is 71.5 Å². The summed E-state index contributed by atoms with van der Waals surface area (Å²) < 4.78 is 0.